The first kappa shape index (κ1) is 38.1. The SMILES string of the molecule is COc1cc([N+](=O)[O-])c(C(OC(=O)OCCCP(=O)(OC(C)(C)C)OC(C)(C)C)C(C)C)cc1OCC(=O)OC(C)(C)C. The van der Waals surface area contributed by atoms with Crippen LogP contribution >= 0.6 is 7.60 Å². The van der Waals surface area contributed by atoms with Gasteiger partial charge in [-0.1, -0.05) is 13.8 Å². The summed E-state index contributed by atoms with van der Waals surface area (Å²) in [7, 11) is -2.24. The lowest BCUT2D eigenvalue weighted by Crippen LogP contribution is -2.27. The fraction of sp³-hybridized carbons (Fsp3) is 0.724. The van der Waals surface area contributed by atoms with E-state index in [0.29, 0.717) is 0 Å². The van der Waals surface area contributed by atoms with Crippen molar-refractivity contribution in [1.82, 2.24) is 0 Å². The highest BCUT2D eigenvalue weighted by molar-refractivity contribution is 7.53. The third kappa shape index (κ3) is 14.4. The molecule has 0 fully saturated rings. The van der Waals surface area contributed by atoms with Crippen LogP contribution in [0, 0.1) is 16.0 Å². The lowest BCUT2D eigenvalue weighted by molar-refractivity contribution is -0.386. The number of methoxy groups -OCH3 is 1. The van der Waals surface area contributed by atoms with Gasteiger partial charge in [0.05, 0.1) is 47.6 Å². The largest absolute Gasteiger partial charge is 0.508 e. The van der Waals surface area contributed by atoms with E-state index in [4.69, 9.17) is 32.7 Å². The Bertz CT molecular complexity index is 1140. The van der Waals surface area contributed by atoms with Crippen LogP contribution in [0.5, 0.6) is 11.5 Å². The lowest BCUT2D eigenvalue weighted by Gasteiger charge is -2.32. The van der Waals surface area contributed by atoms with E-state index in [1.807, 2.05) is 0 Å². The molecule has 0 saturated carbocycles. The van der Waals surface area contributed by atoms with E-state index >= 15 is 0 Å². The van der Waals surface area contributed by atoms with Gasteiger partial charge in [0.25, 0.3) is 5.69 Å². The van der Waals surface area contributed by atoms with Gasteiger partial charge in [-0.15, -0.1) is 0 Å². The molecule has 0 aliphatic heterocycles. The Morgan fingerprint density at radius 2 is 1.49 bits per heavy atom. The number of hydrogen-bond donors (Lipinski definition) is 0. The van der Waals surface area contributed by atoms with Crippen molar-refractivity contribution in [2.24, 2.45) is 5.92 Å². The zero-order valence-electron chi connectivity index (χ0n) is 27.4. The first-order chi connectivity index (χ1) is 19.4. The molecule has 0 aliphatic carbocycles. The molecule has 1 atom stereocenters. The van der Waals surface area contributed by atoms with E-state index in [1.165, 1.54) is 13.2 Å². The van der Waals surface area contributed by atoms with E-state index in [1.54, 1.807) is 76.2 Å². The molecule has 1 rings (SSSR count). The highest BCUT2D eigenvalue weighted by Crippen LogP contribution is 2.54. The molecule has 0 radical (unpaired) electrons. The Kier molecular flexibility index (Phi) is 13.5. The van der Waals surface area contributed by atoms with E-state index in [9.17, 15) is 24.3 Å². The van der Waals surface area contributed by atoms with Crippen LogP contribution in [0.2, 0.25) is 0 Å². The van der Waals surface area contributed by atoms with Gasteiger partial charge < -0.3 is 32.7 Å². The molecule has 14 heteroatoms. The zero-order chi connectivity index (χ0) is 33.4. The number of nitrogens with zero attached hydrogens (tertiary/aromatic N) is 1. The fourth-order valence-electron chi connectivity index (χ4n) is 3.79. The first-order valence-electron chi connectivity index (χ1n) is 14.0. The highest BCUT2D eigenvalue weighted by Gasteiger charge is 2.35. The van der Waals surface area contributed by atoms with Crippen molar-refractivity contribution in [2.75, 3.05) is 26.5 Å². The summed E-state index contributed by atoms with van der Waals surface area (Å²) in [6.07, 6.45) is -2.06. The summed E-state index contributed by atoms with van der Waals surface area (Å²) in [4.78, 5) is 36.2. The summed E-state index contributed by atoms with van der Waals surface area (Å²) in [5.74, 6) is -1.06. The number of rotatable bonds is 14. The number of ether oxygens (including phenoxy) is 5. The number of esters is 1. The molecule has 0 aromatic heterocycles. The maximum absolute atomic E-state index is 13.4. The van der Waals surface area contributed by atoms with Crippen molar-refractivity contribution < 1.29 is 51.8 Å². The second-order valence-electron chi connectivity index (χ2n) is 13.2. The van der Waals surface area contributed by atoms with Crippen LogP contribution in [0.1, 0.15) is 94.2 Å². The molecule has 0 N–H and O–H groups in total. The molecule has 0 saturated heterocycles. The van der Waals surface area contributed by atoms with Gasteiger partial charge in [0.1, 0.15) is 11.7 Å². The standard InChI is InChI=1S/C29H48NO12P/c1-19(2)25(39-26(32)37-14-13-15-43(35,41-28(6,7)8)42-29(9,10)11)20-16-23(22(36-12)17-21(20)30(33)34)38-18-24(31)40-27(3,4)5/h16-17,19,25H,13-15,18H2,1-12H3. The Hall–Kier alpha value is -2.89. The summed E-state index contributed by atoms with van der Waals surface area (Å²) in [6.45, 7) is 18.5. The van der Waals surface area contributed by atoms with E-state index in [0.717, 1.165) is 6.07 Å². The number of benzene rings is 1. The van der Waals surface area contributed by atoms with Crippen molar-refractivity contribution in [3.8, 4) is 11.5 Å². The molecular weight excluding hydrogens is 585 g/mol. The Morgan fingerprint density at radius 1 is 0.930 bits per heavy atom. The second-order valence-corrected chi connectivity index (χ2v) is 15.2. The van der Waals surface area contributed by atoms with E-state index < -0.39 is 60.1 Å². The smallest absolute Gasteiger partial charge is 0.493 e. The normalized spacial score (nSPS) is 13.3. The maximum atomic E-state index is 13.4. The fourth-order valence-corrected chi connectivity index (χ4v) is 6.19. The summed E-state index contributed by atoms with van der Waals surface area (Å²) in [6, 6.07) is 2.43. The summed E-state index contributed by atoms with van der Waals surface area (Å²) in [5.41, 5.74) is -2.56. The van der Waals surface area contributed by atoms with Gasteiger partial charge in [0.2, 0.25) is 0 Å². The van der Waals surface area contributed by atoms with Crippen molar-refractivity contribution in [2.45, 2.75) is 105 Å². The van der Waals surface area contributed by atoms with Crippen molar-refractivity contribution in [1.29, 1.82) is 0 Å². The third-order valence-corrected chi connectivity index (χ3v) is 7.55. The Labute approximate surface area is 254 Å². The van der Waals surface area contributed by atoms with Crippen LogP contribution < -0.4 is 9.47 Å². The minimum absolute atomic E-state index is 0.00322. The average molecular weight is 634 g/mol. The average Bonchev–Trinajstić information content (AvgIpc) is 2.79. The summed E-state index contributed by atoms with van der Waals surface area (Å²) >= 11 is 0. The number of nitro benzene ring substituents is 1. The summed E-state index contributed by atoms with van der Waals surface area (Å²) in [5, 5.41) is 12.0. The van der Waals surface area contributed by atoms with E-state index in [2.05, 4.69) is 0 Å². The van der Waals surface area contributed by atoms with Crippen molar-refractivity contribution in [3.05, 3.63) is 27.8 Å². The van der Waals surface area contributed by atoms with Gasteiger partial charge in [-0.25, -0.2) is 9.59 Å². The van der Waals surface area contributed by atoms with Gasteiger partial charge in [0.15, 0.2) is 18.1 Å². The molecule has 0 aliphatic rings. The molecule has 0 heterocycles. The van der Waals surface area contributed by atoms with Crippen LogP contribution in [-0.4, -0.2) is 60.3 Å². The van der Waals surface area contributed by atoms with Gasteiger partial charge in [-0.3, -0.25) is 14.7 Å². The Balaban J connectivity index is 3.10. The minimum atomic E-state index is -3.54. The molecule has 13 nitrogen and oxygen atoms in total. The van der Waals surface area contributed by atoms with Crippen molar-refractivity contribution >= 4 is 25.4 Å². The van der Waals surface area contributed by atoms with Crippen LogP contribution in [-0.2, 0) is 32.6 Å². The highest BCUT2D eigenvalue weighted by atomic mass is 31.2. The van der Waals surface area contributed by atoms with Gasteiger partial charge in [-0.05, 0) is 80.7 Å². The monoisotopic (exact) mass is 633 g/mol. The Morgan fingerprint density at radius 3 is 1.93 bits per heavy atom. The van der Waals surface area contributed by atoms with Crippen LogP contribution in [0.15, 0.2) is 12.1 Å². The number of hydrogen-bond acceptors (Lipinski definition) is 12. The first-order valence-corrected chi connectivity index (χ1v) is 15.7. The molecule has 1 unspecified atom stereocenters. The number of nitro groups is 1. The molecule has 246 valence electrons. The topological polar surface area (TPSA) is 159 Å². The van der Waals surface area contributed by atoms with E-state index in [-0.39, 0.29) is 41.9 Å². The zero-order valence-corrected chi connectivity index (χ0v) is 28.3. The molecule has 1 aromatic carbocycles. The van der Waals surface area contributed by atoms with Crippen LogP contribution in [0.4, 0.5) is 10.5 Å². The van der Waals surface area contributed by atoms with Gasteiger partial charge in [-0.2, -0.15) is 0 Å². The molecule has 0 bridgehead atoms. The molecular formula is C29H48NO12P. The second kappa shape index (κ2) is 15.2. The number of carbonyl (C=O) groups excluding carboxylic acids is 2. The lowest BCUT2D eigenvalue weighted by atomic mass is 9.96. The van der Waals surface area contributed by atoms with Gasteiger partial charge in [0, 0.05) is 0 Å². The molecule has 43 heavy (non-hydrogen) atoms. The predicted molar refractivity (Wildman–Crippen MR) is 160 cm³/mol. The summed E-state index contributed by atoms with van der Waals surface area (Å²) < 4.78 is 51.6. The minimum Gasteiger partial charge on any atom is -0.493 e. The molecule has 0 amide bonds. The predicted octanol–water partition coefficient (Wildman–Crippen LogP) is 7.39. The van der Waals surface area contributed by atoms with Crippen molar-refractivity contribution in [3.63, 3.8) is 0 Å². The maximum Gasteiger partial charge on any atom is 0.508 e. The third-order valence-electron chi connectivity index (χ3n) is 5.03. The molecule has 1 aromatic rings. The van der Waals surface area contributed by atoms with Crippen LogP contribution in [0.3, 0.4) is 0 Å². The van der Waals surface area contributed by atoms with Crippen LogP contribution in [0.25, 0.3) is 0 Å². The quantitative estimate of drug-likeness (QED) is 0.0658. The van der Waals surface area contributed by atoms with Gasteiger partial charge >= 0.3 is 19.7 Å². The molecule has 0 spiro atoms. The number of carbonyl (C=O) groups is 2.